The molecule has 3 nitrogen and oxygen atoms in total. The highest BCUT2D eigenvalue weighted by atomic mass is 32.1. The second kappa shape index (κ2) is 4.79. The van der Waals surface area contributed by atoms with Crippen molar-refractivity contribution < 1.29 is 0 Å². The molecule has 2 heterocycles. The molecule has 2 aromatic rings. The van der Waals surface area contributed by atoms with Crippen molar-refractivity contribution in [1.29, 1.82) is 5.26 Å². The number of aromatic nitrogens is 1. The summed E-state index contributed by atoms with van der Waals surface area (Å²) in [5.74, 6) is 0. The highest BCUT2D eigenvalue weighted by Crippen LogP contribution is 2.29. The van der Waals surface area contributed by atoms with Gasteiger partial charge in [0.05, 0.1) is 17.3 Å². The lowest BCUT2D eigenvalue weighted by Crippen LogP contribution is -2.17. The summed E-state index contributed by atoms with van der Waals surface area (Å²) >= 11 is 1.70. The maximum Gasteiger partial charge on any atom is 0.185 e. The van der Waals surface area contributed by atoms with Crippen molar-refractivity contribution in [3.05, 3.63) is 35.2 Å². The van der Waals surface area contributed by atoms with Crippen LogP contribution in [-0.2, 0) is 0 Å². The van der Waals surface area contributed by atoms with Gasteiger partial charge in [-0.15, -0.1) is 11.3 Å². The highest BCUT2D eigenvalue weighted by Gasteiger charge is 2.15. The SMILES string of the molecule is N#Cc1ccc(-c2csc(N3CCCC3)n2)cc1. The minimum Gasteiger partial charge on any atom is -0.348 e. The predicted octanol–water partition coefficient (Wildman–Crippen LogP) is 3.28. The van der Waals surface area contributed by atoms with Gasteiger partial charge < -0.3 is 4.90 Å². The van der Waals surface area contributed by atoms with E-state index in [0.717, 1.165) is 29.5 Å². The number of hydrogen-bond acceptors (Lipinski definition) is 4. The number of thiazole rings is 1. The maximum atomic E-state index is 8.78. The van der Waals surface area contributed by atoms with Crippen LogP contribution in [0.5, 0.6) is 0 Å². The molecule has 0 radical (unpaired) electrons. The standard InChI is InChI=1S/C14H13N3S/c15-9-11-3-5-12(6-4-11)13-10-18-14(16-13)17-7-1-2-8-17/h3-6,10H,1-2,7-8H2. The molecule has 0 spiro atoms. The number of nitriles is 1. The molecule has 3 rings (SSSR count). The van der Waals surface area contributed by atoms with Gasteiger partial charge in [0.1, 0.15) is 0 Å². The van der Waals surface area contributed by atoms with Gasteiger partial charge in [0.15, 0.2) is 5.13 Å². The first-order valence-corrected chi connectivity index (χ1v) is 6.96. The maximum absolute atomic E-state index is 8.78. The molecule has 0 N–H and O–H groups in total. The Morgan fingerprint density at radius 2 is 1.89 bits per heavy atom. The Kier molecular flexibility index (Phi) is 2.99. The minimum absolute atomic E-state index is 0.689. The van der Waals surface area contributed by atoms with Crippen LogP contribution < -0.4 is 4.90 Å². The number of benzene rings is 1. The fraction of sp³-hybridized carbons (Fsp3) is 0.286. The Labute approximate surface area is 110 Å². The first kappa shape index (κ1) is 11.2. The van der Waals surface area contributed by atoms with Gasteiger partial charge in [0, 0.05) is 24.0 Å². The van der Waals surface area contributed by atoms with E-state index in [4.69, 9.17) is 5.26 Å². The Hall–Kier alpha value is -1.86. The molecule has 1 aromatic carbocycles. The second-order valence-corrected chi connectivity index (χ2v) is 5.24. The number of hydrogen-bond donors (Lipinski definition) is 0. The largest absolute Gasteiger partial charge is 0.348 e. The van der Waals surface area contributed by atoms with Crippen LogP contribution in [0.2, 0.25) is 0 Å². The van der Waals surface area contributed by atoms with Gasteiger partial charge in [-0.3, -0.25) is 0 Å². The molecule has 90 valence electrons. The molecule has 0 amide bonds. The quantitative estimate of drug-likeness (QED) is 0.826. The molecule has 0 atom stereocenters. The first-order valence-electron chi connectivity index (χ1n) is 6.08. The zero-order valence-corrected chi connectivity index (χ0v) is 10.8. The van der Waals surface area contributed by atoms with E-state index in [-0.39, 0.29) is 0 Å². The lowest BCUT2D eigenvalue weighted by Gasteiger charge is -2.12. The van der Waals surface area contributed by atoms with E-state index in [9.17, 15) is 0 Å². The highest BCUT2D eigenvalue weighted by molar-refractivity contribution is 7.14. The average Bonchev–Trinajstić information content (AvgIpc) is 3.09. The van der Waals surface area contributed by atoms with Gasteiger partial charge in [0.25, 0.3) is 0 Å². The van der Waals surface area contributed by atoms with Crippen LogP contribution in [0.3, 0.4) is 0 Å². The van der Waals surface area contributed by atoms with Crippen LogP contribution in [0.25, 0.3) is 11.3 Å². The van der Waals surface area contributed by atoms with Gasteiger partial charge in [0.2, 0.25) is 0 Å². The summed E-state index contributed by atoms with van der Waals surface area (Å²) in [6, 6.07) is 9.72. The third-order valence-corrected chi connectivity index (χ3v) is 4.08. The summed E-state index contributed by atoms with van der Waals surface area (Å²) in [5.41, 5.74) is 2.77. The van der Waals surface area contributed by atoms with Gasteiger partial charge in [-0.1, -0.05) is 12.1 Å². The van der Waals surface area contributed by atoms with Gasteiger partial charge in [-0.2, -0.15) is 5.26 Å². The van der Waals surface area contributed by atoms with Gasteiger partial charge in [-0.05, 0) is 25.0 Å². The molecule has 1 aliphatic rings. The van der Waals surface area contributed by atoms with Crippen molar-refractivity contribution in [2.45, 2.75) is 12.8 Å². The smallest absolute Gasteiger partial charge is 0.185 e. The molecule has 0 aliphatic carbocycles. The lowest BCUT2D eigenvalue weighted by molar-refractivity contribution is 0.949. The van der Waals surface area contributed by atoms with Crippen molar-refractivity contribution >= 4 is 16.5 Å². The van der Waals surface area contributed by atoms with Crippen molar-refractivity contribution in [3.63, 3.8) is 0 Å². The van der Waals surface area contributed by atoms with Crippen LogP contribution in [0.4, 0.5) is 5.13 Å². The molecule has 18 heavy (non-hydrogen) atoms. The first-order chi connectivity index (χ1) is 8.86. The fourth-order valence-corrected chi connectivity index (χ4v) is 3.05. The summed E-state index contributed by atoms with van der Waals surface area (Å²) in [7, 11) is 0. The summed E-state index contributed by atoms with van der Waals surface area (Å²) in [6.45, 7) is 2.25. The molecule has 0 saturated carbocycles. The minimum atomic E-state index is 0.689. The van der Waals surface area contributed by atoms with E-state index in [1.165, 1.54) is 12.8 Å². The van der Waals surface area contributed by atoms with Gasteiger partial charge in [-0.25, -0.2) is 4.98 Å². The summed E-state index contributed by atoms with van der Waals surface area (Å²) < 4.78 is 0. The third-order valence-electron chi connectivity index (χ3n) is 3.18. The Morgan fingerprint density at radius 1 is 1.17 bits per heavy atom. The molecule has 4 heteroatoms. The second-order valence-electron chi connectivity index (χ2n) is 4.40. The summed E-state index contributed by atoms with van der Waals surface area (Å²) in [4.78, 5) is 7.02. The Balaban J connectivity index is 1.85. The van der Waals surface area contributed by atoms with Gasteiger partial charge >= 0.3 is 0 Å². The summed E-state index contributed by atoms with van der Waals surface area (Å²) in [6.07, 6.45) is 2.54. The molecule has 0 bridgehead atoms. The molecular formula is C14H13N3S. The van der Waals surface area contributed by atoms with Crippen LogP contribution in [-0.4, -0.2) is 18.1 Å². The van der Waals surface area contributed by atoms with E-state index in [0.29, 0.717) is 5.56 Å². The Morgan fingerprint density at radius 3 is 2.56 bits per heavy atom. The van der Waals surface area contributed by atoms with Crippen molar-refractivity contribution in [2.75, 3.05) is 18.0 Å². The number of rotatable bonds is 2. The molecule has 1 fully saturated rings. The van der Waals surface area contributed by atoms with E-state index >= 15 is 0 Å². The fourth-order valence-electron chi connectivity index (χ4n) is 2.17. The van der Waals surface area contributed by atoms with Crippen molar-refractivity contribution in [2.24, 2.45) is 0 Å². The van der Waals surface area contributed by atoms with Crippen molar-refractivity contribution in [1.82, 2.24) is 4.98 Å². The van der Waals surface area contributed by atoms with Crippen LogP contribution in [0.15, 0.2) is 29.6 Å². The normalized spacial score (nSPS) is 14.7. The monoisotopic (exact) mass is 255 g/mol. The van der Waals surface area contributed by atoms with E-state index in [1.807, 2.05) is 24.3 Å². The van der Waals surface area contributed by atoms with E-state index in [2.05, 4.69) is 21.3 Å². The van der Waals surface area contributed by atoms with E-state index in [1.54, 1.807) is 11.3 Å². The zero-order valence-electron chi connectivity index (χ0n) is 9.97. The van der Waals surface area contributed by atoms with Crippen LogP contribution >= 0.6 is 11.3 Å². The topological polar surface area (TPSA) is 39.9 Å². The molecule has 1 aromatic heterocycles. The van der Waals surface area contributed by atoms with Crippen LogP contribution in [0, 0.1) is 11.3 Å². The van der Waals surface area contributed by atoms with Crippen molar-refractivity contribution in [3.8, 4) is 17.3 Å². The predicted molar refractivity (Wildman–Crippen MR) is 73.7 cm³/mol. The zero-order chi connectivity index (χ0) is 12.4. The Bertz CT molecular complexity index is 574. The molecular weight excluding hydrogens is 242 g/mol. The van der Waals surface area contributed by atoms with Crippen LogP contribution in [0.1, 0.15) is 18.4 Å². The summed E-state index contributed by atoms with van der Waals surface area (Å²) in [5, 5.41) is 12.0. The average molecular weight is 255 g/mol. The molecule has 1 aliphatic heterocycles. The lowest BCUT2D eigenvalue weighted by atomic mass is 10.1. The third kappa shape index (κ3) is 2.09. The number of anilines is 1. The molecule has 0 unspecified atom stereocenters. The van der Waals surface area contributed by atoms with E-state index < -0.39 is 0 Å². The molecule has 1 saturated heterocycles. The number of nitrogens with zero attached hydrogens (tertiary/aromatic N) is 3.